The molecule has 0 aromatic heterocycles. The molecule has 1 aliphatic carbocycles. The zero-order chi connectivity index (χ0) is 14.8. The summed E-state index contributed by atoms with van der Waals surface area (Å²) in [5.41, 5.74) is 1.64. The third kappa shape index (κ3) is 3.23. The number of amidine groups is 1. The predicted octanol–water partition coefficient (Wildman–Crippen LogP) is 4.61. The van der Waals surface area contributed by atoms with Gasteiger partial charge in [-0.1, -0.05) is 47.5 Å². The number of carbonyl (C=O) groups is 1. The van der Waals surface area contributed by atoms with Crippen LogP contribution in [0.5, 0.6) is 0 Å². The molecule has 0 atom stereocenters. The van der Waals surface area contributed by atoms with Crippen LogP contribution in [0.3, 0.4) is 0 Å². The predicted molar refractivity (Wildman–Crippen MR) is 89.2 cm³/mol. The van der Waals surface area contributed by atoms with E-state index in [1.165, 1.54) is 11.8 Å². The average Bonchev–Trinajstić information content (AvgIpc) is 3.07. The summed E-state index contributed by atoms with van der Waals surface area (Å²) in [4.78, 5) is 16.9. The van der Waals surface area contributed by atoms with Gasteiger partial charge in [-0.3, -0.25) is 4.79 Å². The van der Waals surface area contributed by atoms with Crippen LogP contribution in [0.15, 0.2) is 58.0 Å². The molecule has 21 heavy (non-hydrogen) atoms. The molecular weight excluding hydrogens is 327 g/mol. The number of hydrogen-bond acceptors (Lipinski definition) is 3. The summed E-state index contributed by atoms with van der Waals surface area (Å²) in [6, 6.07) is 5.21. The van der Waals surface area contributed by atoms with Crippen LogP contribution in [0.25, 0.3) is 0 Å². The zero-order valence-corrected chi connectivity index (χ0v) is 13.1. The molecular formula is C15H10Cl2N2OS. The van der Waals surface area contributed by atoms with Crippen LogP contribution < -0.4 is 5.32 Å². The van der Waals surface area contributed by atoms with Gasteiger partial charge in [-0.2, -0.15) is 0 Å². The van der Waals surface area contributed by atoms with Gasteiger partial charge in [-0.15, -0.1) is 0 Å². The Bertz CT molecular complexity index is 735. The quantitative estimate of drug-likeness (QED) is 0.801. The highest BCUT2D eigenvalue weighted by molar-refractivity contribution is 8.18. The molecule has 1 amide bonds. The zero-order valence-electron chi connectivity index (χ0n) is 10.8. The lowest BCUT2D eigenvalue weighted by Gasteiger charge is -2.00. The Hall–Kier alpha value is -1.49. The number of benzene rings is 1. The van der Waals surface area contributed by atoms with E-state index in [0.717, 1.165) is 12.0 Å². The van der Waals surface area contributed by atoms with Crippen LogP contribution in [0.4, 0.5) is 5.69 Å². The normalized spacial score (nSPS) is 21.2. The van der Waals surface area contributed by atoms with Gasteiger partial charge in [0.05, 0.1) is 20.6 Å². The molecule has 6 heteroatoms. The molecule has 0 saturated carbocycles. The lowest BCUT2D eigenvalue weighted by Crippen LogP contribution is -2.19. The summed E-state index contributed by atoms with van der Waals surface area (Å²) in [6.07, 6.45) is 8.74. The highest BCUT2D eigenvalue weighted by atomic mass is 35.5. The van der Waals surface area contributed by atoms with Gasteiger partial charge in [0.25, 0.3) is 5.91 Å². The Kier molecular flexibility index (Phi) is 4.19. The fraction of sp³-hybridized carbons (Fsp3) is 0.0667. The lowest BCUT2D eigenvalue weighted by molar-refractivity contribution is -0.115. The second kappa shape index (κ2) is 6.10. The molecule has 1 aromatic carbocycles. The summed E-state index contributed by atoms with van der Waals surface area (Å²) in [5.74, 6) is -0.148. The van der Waals surface area contributed by atoms with E-state index >= 15 is 0 Å². The summed E-state index contributed by atoms with van der Waals surface area (Å²) in [5, 5.41) is 4.04. The van der Waals surface area contributed by atoms with Crippen LogP contribution in [0.1, 0.15) is 6.42 Å². The van der Waals surface area contributed by atoms with Crippen LogP contribution in [-0.2, 0) is 4.79 Å². The van der Waals surface area contributed by atoms with E-state index in [9.17, 15) is 4.79 Å². The summed E-state index contributed by atoms with van der Waals surface area (Å²) in [7, 11) is 0. The Morgan fingerprint density at radius 2 is 2.19 bits per heavy atom. The first-order valence-corrected chi connectivity index (χ1v) is 7.80. The fourth-order valence-corrected chi connectivity index (χ4v) is 3.10. The average molecular weight is 337 g/mol. The third-order valence-electron chi connectivity index (χ3n) is 2.92. The van der Waals surface area contributed by atoms with Crippen LogP contribution >= 0.6 is 35.0 Å². The van der Waals surface area contributed by atoms with Crippen molar-refractivity contribution in [3.8, 4) is 0 Å². The number of aliphatic imine (C=N–C) groups is 1. The number of thioether (sulfide) groups is 1. The molecule has 106 valence electrons. The minimum Gasteiger partial charge on any atom is -0.300 e. The van der Waals surface area contributed by atoms with Gasteiger partial charge in [0.15, 0.2) is 5.17 Å². The number of nitrogens with zero attached hydrogens (tertiary/aromatic N) is 1. The van der Waals surface area contributed by atoms with Gasteiger partial charge in [0.1, 0.15) is 0 Å². The van der Waals surface area contributed by atoms with Gasteiger partial charge in [-0.25, -0.2) is 4.99 Å². The summed E-state index contributed by atoms with van der Waals surface area (Å²) < 4.78 is 0. The van der Waals surface area contributed by atoms with Gasteiger partial charge in [-0.05, 0) is 42.0 Å². The molecule has 0 radical (unpaired) electrons. The number of rotatable bonds is 2. The van der Waals surface area contributed by atoms with Crippen LogP contribution in [0.2, 0.25) is 10.0 Å². The van der Waals surface area contributed by atoms with Gasteiger partial charge in [0.2, 0.25) is 0 Å². The second-order valence-corrected chi connectivity index (χ2v) is 6.24. The van der Waals surface area contributed by atoms with Crippen molar-refractivity contribution in [3.63, 3.8) is 0 Å². The van der Waals surface area contributed by atoms with Crippen molar-refractivity contribution in [3.05, 3.63) is 63.0 Å². The van der Waals surface area contributed by atoms with Gasteiger partial charge < -0.3 is 5.32 Å². The van der Waals surface area contributed by atoms with Gasteiger partial charge in [0, 0.05) is 0 Å². The molecule has 2 aliphatic rings. The van der Waals surface area contributed by atoms with Crippen LogP contribution in [0, 0.1) is 0 Å². The standard InChI is InChI=1S/C15H10Cl2N2OS/c16-10-6-3-7-11(13(10)17)18-15-19-14(20)12(21-15)8-9-4-1-2-5-9/h1-4,6-8H,5H2,(H,18,19,20)/b12-8-. The minimum atomic E-state index is -0.148. The smallest absolute Gasteiger partial charge is 0.264 e. The van der Waals surface area contributed by atoms with Crippen molar-refractivity contribution < 1.29 is 4.79 Å². The van der Waals surface area contributed by atoms with E-state index in [1.54, 1.807) is 18.2 Å². The maximum Gasteiger partial charge on any atom is 0.264 e. The first-order chi connectivity index (χ1) is 10.1. The largest absolute Gasteiger partial charge is 0.300 e. The van der Waals surface area contributed by atoms with Crippen molar-refractivity contribution in [1.82, 2.24) is 5.32 Å². The Morgan fingerprint density at radius 3 is 2.95 bits per heavy atom. The first kappa shape index (κ1) is 14.4. The summed E-state index contributed by atoms with van der Waals surface area (Å²) >= 11 is 13.3. The molecule has 0 bridgehead atoms. The Balaban J connectivity index is 1.84. The fourth-order valence-electron chi connectivity index (χ4n) is 1.91. The monoisotopic (exact) mass is 336 g/mol. The minimum absolute atomic E-state index is 0.148. The van der Waals surface area contributed by atoms with E-state index < -0.39 is 0 Å². The molecule has 1 aromatic rings. The number of halogens is 2. The molecule has 1 fully saturated rings. The molecule has 3 nitrogen and oxygen atoms in total. The van der Waals surface area contributed by atoms with Crippen molar-refractivity contribution in [2.24, 2.45) is 4.99 Å². The molecule has 1 saturated heterocycles. The van der Waals surface area contributed by atoms with E-state index in [1.807, 2.05) is 24.3 Å². The number of allylic oxidation sites excluding steroid dienone is 5. The number of nitrogens with one attached hydrogen (secondary N) is 1. The number of amides is 1. The molecule has 0 spiro atoms. The highest BCUT2D eigenvalue weighted by Crippen LogP contribution is 2.34. The van der Waals surface area contributed by atoms with E-state index in [2.05, 4.69) is 10.3 Å². The lowest BCUT2D eigenvalue weighted by atomic mass is 10.2. The van der Waals surface area contributed by atoms with Crippen molar-refractivity contribution >= 4 is 51.7 Å². The molecule has 1 N–H and O–H groups in total. The highest BCUT2D eigenvalue weighted by Gasteiger charge is 2.24. The molecule has 1 aliphatic heterocycles. The summed E-state index contributed by atoms with van der Waals surface area (Å²) in [6.45, 7) is 0. The van der Waals surface area contributed by atoms with E-state index in [0.29, 0.717) is 25.8 Å². The molecule has 1 heterocycles. The van der Waals surface area contributed by atoms with Crippen molar-refractivity contribution in [2.75, 3.05) is 0 Å². The topological polar surface area (TPSA) is 41.5 Å². The number of hydrogen-bond donors (Lipinski definition) is 1. The Morgan fingerprint density at radius 1 is 1.33 bits per heavy atom. The third-order valence-corrected chi connectivity index (χ3v) is 4.64. The van der Waals surface area contributed by atoms with Crippen molar-refractivity contribution in [1.29, 1.82) is 0 Å². The van der Waals surface area contributed by atoms with E-state index in [-0.39, 0.29) is 5.91 Å². The Labute approximate surface area is 136 Å². The maximum atomic E-state index is 11.9. The maximum absolute atomic E-state index is 11.9. The van der Waals surface area contributed by atoms with Gasteiger partial charge >= 0.3 is 0 Å². The molecule has 3 rings (SSSR count). The van der Waals surface area contributed by atoms with Crippen molar-refractivity contribution in [2.45, 2.75) is 6.42 Å². The SMILES string of the molecule is O=C1NC(=Nc2cccc(Cl)c2Cl)S/C1=C\C1=CC=CC1. The first-order valence-electron chi connectivity index (χ1n) is 6.23. The molecule has 0 unspecified atom stereocenters. The number of carbonyl (C=O) groups excluding carboxylic acids is 1. The van der Waals surface area contributed by atoms with Crippen LogP contribution in [-0.4, -0.2) is 11.1 Å². The van der Waals surface area contributed by atoms with E-state index in [4.69, 9.17) is 23.2 Å². The second-order valence-electron chi connectivity index (χ2n) is 4.43.